The van der Waals surface area contributed by atoms with Crippen molar-refractivity contribution in [3.8, 4) is 0 Å². The molecular weight excluding hydrogens is 358 g/mol. The second-order valence-electron chi connectivity index (χ2n) is 7.32. The van der Waals surface area contributed by atoms with Crippen LogP contribution in [-0.2, 0) is 16.3 Å². The fraction of sp³-hybridized carbons (Fsp3) is 0.381. The molecule has 1 saturated heterocycles. The Kier molecular flexibility index (Phi) is 5.27. The molecule has 0 spiro atoms. The van der Waals surface area contributed by atoms with Crippen LogP contribution in [0, 0.1) is 0 Å². The molecule has 0 amide bonds. The molecule has 1 aromatic heterocycles. The SMILES string of the molecule is O=S(=O)(c1ccc2[nH]ncc2c1)C1CCN(CCCCc2ccccc2)C1. The number of nitrogens with zero attached hydrogens (tertiary/aromatic N) is 2. The summed E-state index contributed by atoms with van der Waals surface area (Å²) >= 11 is 0. The Balaban J connectivity index is 1.31. The van der Waals surface area contributed by atoms with E-state index in [1.165, 1.54) is 5.56 Å². The first-order valence-corrected chi connectivity index (χ1v) is 11.1. The molecule has 27 heavy (non-hydrogen) atoms. The van der Waals surface area contributed by atoms with Gasteiger partial charge in [-0.05, 0) is 62.5 Å². The van der Waals surface area contributed by atoms with Crippen LogP contribution >= 0.6 is 0 Å². The number of rotatable bonds is 7. The average molecular weight is 384 g/mol. The van der Waals surface area contributed by atoms with Gasteiger partial charge >= 0.3 is 0 Å². The van der Waals surface area contributed by atoms with Gasteiger partial charge < -0.3 is 4.90 Å². The minimum Gasteiger partial charge on any atom is -0.302 e. The second kappa shape index (κ2) is 7.82. The summed E-state index contributed by atoms with van der Waals surface area (Å²) in [4.78, 5) is 2.70. The minimum absolute atomic E-state index is 0.309. The molecule has 2 aromatic carbocycles. The molecule has 3 aromatic rings. The van der Waals surface area contributed by atoms with Crippen molar-refractivity contribution in [2.24, 2.45) is 0 Å². The van der Waals surface area contributed by atoms with Crippen LogP contribution in [0.4, 0.5) is 0 Å². The second-order valence-corrected chi connectivity index (χ2v) is 9.55. The maximum atomic E-state index is 13.0. The lowest BCUT2D eigenvalue weighted by Gasteiger charge is -2.16. The van der Waals surface area contributed by atoms with Gasteiger partial charge in [-0.2, -0.15) is 5.10 Å². The maximum absolute atomic E-state index is 13.0. The fourth-order valence-corrected chi connectivity index (χ4v) is 5.61. The molecule has 1 fully saturated rings. The number of aromatic amines is 1. The van der Waals surface area contributed by atoms with E-state index in [2.05, 4.69) is 39.4 Å². The van der Waals surface area contributed by atoms with Crippen LogP contribution in [0.1, 0.15) is 24.8 Å². The number of benzene rings is 2. The molecule has 1 atom stereocenters. The monoisotopic (exact) mass is 383 g/mol. The van der Waals surface area contributed by atoms with E-state index in [1.807, 2.05) is 6.07 Å². The van der Waals surface area contributed by atoms with Gasteiger partial charge in [0.15, 0.2) is 9.84 Å². The number of fused-ring (bicyclic) bond motifs is 1. The smallest absolute Gasteiger partial charge is 0.182 e. The summed E-state index contributed by atoms with van der Waals surface area (Å²) in [5.41, 5.74) is 2.23. The summed E-state index contributed by atoms with van der Waals surface area (Å²) < 4.78 is 26.0. The predicted octanol–water partition coefficient (Wildman–Crippen LogP) is 3.43. The molecule has 1 unspecified atom stereocenters. The van der Waals surface area contributed by atoms with Gasteiger partial charge in [-0.25, -0.2) is 8.42 Å². The zero-order chi connectivity index (χ0) is 18.7. The Bertz CT molecular complexity index is 998. The zero-order valence-electron chi connectivity index (χ0n) is 15.3. The molecule has 1 N–H and O–H groups in total. The normalized spacial score (nSPS) is 18.3. The first-order valence-electron chi connectivity index (χ1n) is 9.56. The van der Waals surface area contributed by atoms with Crippen molar-refractivity contribution in [2.75, 3.05) is 19.6 Å². The van der Waals surface area contributed by atoms with Crippen molar-refractivity contribution < 1.29 is 8.42 Å². The Hall–Kier alpha value is -2.18. The number of hydrogen-bond donors (Lipinski definition) is 1. The van der Waals surface area contributed by atoms with Crippen LogP contribution in [0.3, 0.4) is 0 Å². The number of hydrogen-bond acceptors (Lipinski definition) is 4. The van der Waals surface area contributed by atoms with E-state index < -0.39 is 9.84 Å². The molecule has 6 heteroatoms. The van der Waals surface area contributed by atoms with Crippen LogP contribution in [0.5, 0.6) is 0 Å². The molecule has 0 radical (unpaired) electrons. The average Bonchev–Trinajstić information content (AvgIpc) is 3.35. The fourth-order valence-electron chi connectivity index (χ4n) is 3.85. The van der Waals surface area contributed by atoms with Gasteiger partial charge in [-0.3, -0.25) is 5.10 Å². The van der Waals surface area contributed by atoms with E-state index in [-0.39, 0.29) is 5.25 Å². The largest absolute Gasteiger partial charge is 0.302 e. The number of H-pyrrole nitrogens is 1. The molecule has 2 heterocycles. The summed E-state index contributed by atoms with van der Waals surface area (Å²) in [6, 6.07) is 15.7. The standard InChI is InChI=1S/C21H25N3O2S/c25-27(26,19-9-10-21-18(14-19)15-22-23-21)20-11-13-24(16-20)12-5-4-8-17-6-2-1-3-7-17/h1-3,6-7,9-10,14-15,20H,4-5,8,11-13,16H2,(H,22,23). The van der Waals surface area contributed by atoms with Crippen molar-refractivity contribution in [3.05, 3.63) is 60.3 Å². The van der Waals surface area contributed by atoms with Gasteiger partial charge in [-0.1, -0.05) is 30.3 Å². The Morgan fingerprint density at radius 1 is 1.11 bits per heavy atom. The van der Waals surface area contributed by atoms with Gasteiger partial charge in [0.2, 0.25) is 0 Å². The van der Waals surface area contributed by atoms with E-state index in [9.17, 15) is 8.42 Å². The molecule has 142 valence electrons. The maximum Gasteiger partial charge on any atom is 0.182 e. The van der Waals surface area contributed by atoms with Crippen molar-refractivity contribution in [1.29, 1.82) is 0 Å². The molecule has 5 nitrogen and oxygen atoms in total. The highest BCUT2D eigenvalue weighted by molar-refractivity contribution is 7.92. The van der Waals surface area contributed by atoms with Crippen LogP contribution in [0.15, 0.2) is 59.6 Å². The lowest BCUT2D eigenvalue weighted by atomic mass is 10.1. The zero-order valence-corrected chi connectivity index (χ0v) is 16.2. The summed E-state index contributed by atoms with van der Waals surface area (Å²) in [6.07, 6.45) is 5.70. The number of sulfone groups is 1. The highest BCUT2D eigenvalue weighted by Gasteiger charge is 2.34. The van der Waals surface area contributed by atoms with Gasteiger partial charge in [0.05, 0.1) is 21.9 Å². The quantitative estimate of drug-likeness (QED) is 0.635. The topological polar surface area (TPSA) is 66.1 Å². The van der Waals surface area contributed by atoms with Crippen molar-refractivity contribution in [1.82, 2.24) is 15.1 Å². The molecule has 1 aliphatic heterocycles. The van der Waals surface area contributed by atoms with E-state index in [0.717, 1.165) is 43.3 Å². The molecular formula is C21H25N3O2S. The lowest BCUT2D eigenvalue weighted by molar-refractivity contribution is 0.330. The third-order valence-electron chi connectivity index (χ3n) is 5.44. The predicted molar refractivity (Wildman–Crippen MR) is 108 cm³/mol. The number of nitrogens with one attached hydrogen (secondary N) is 1. The summed E-state index contributed by atoms with van der Waals surface area (Å²) in [6.45, 7) is 2.47. The Labute approximate surface area is 160 Å². The van der Waals surface area contributed by atoms with Gasteiger partial charge in [-0.15, -0.1) is 0 Å². The first kappa shape index (κ1) is 18.2. The lowest BCUT2D eigenvalue weighted by Crippen LogP contribution is -2.28. The molecule has 4 rings (SSSR count). The number of unbranched alkanes of at least 4 members (excludes halogenated alkanes) is 1. The Morgan fingerprint density at radius 3 is 2.81 bits per heavy atom. The van der Waals surface area contributed by atoms with E-state index in [0.29, 0.717) is 17.9 Å². The van der Waals surface area contributed by atoms with Crippen LogP contribution in [0.25, 0.3) is 10.9 Å². The Morgan fingerprint density at radius 2 is 1.96 bits per heavy atom. The molecule has 0 bridgehead atoms. The van der Waals surface area contributed by atoms with Crippen LogP contribution in [0.2, 0.25) is 0 Å². The van der Waals surface area contributed by atoms with E-state index in [4.69, 9.17) is 0 Å². The highest BCUT2D eigenvalue weighted by atomic mass is 32.2. The van der Waals surface area contributed by atoms with Gasteiger partial charge in [0, 0.05) is 11.9 Å². The van der Waals surface area contributed by atoms with E-state index >= 15 is 0 Å². The third kappa shape index (κ3) is 4.06. The van der Waals surface area contributed by atoms with Gasteiger partial charge in [0.1, 0.15) is 0 Å². The van der Waals surface area contributed by atoms with Crippen molar-refractivity contribution in [3.63, 3.8) is 0 Å². The molecule has 0 aliphatic carbocycles. The van der Waals surface area contributed by atoms with Gasteiger partial charge in [0.25, 0.3) is 0 Å². The first-order chi connectivity index (χ1) is 13.1. The van der Waals surface area contributed by atoms with E-state index in [1.54, 1.807) is 24.4 Å². The molecule has 0 saturated carbocycles. The molecule has 1 aliphatic rings. The summed E-state index contributed by atoms with van der Waals surface area (Å²) in [7, 11) is -3.30. The van der Waals surface area contributed by atoms with Crippen LogP contribution in [-0.4, -0.2) is 48.4 Å². The van der Waals surface area contributed by atoms with Crippen LogP contribution < -0.4 is 0 Å². The number of aryl methyl sites for hydroxylation is 1. The third-order valence-corrected chi connectivity index (χ3v) is 7.61. The number of likely N-dealkylation sites (tertiary alicyclic amines) is 1. The summed E-state index contributed by atoms with van der Waals surface area (Å²) in [5, 5.41) is 7.36. The minimum atomic E-state index is -3.30. The summed E-state index contributed by atoms with van der Waals surface area (Å²) in [5.74, 6) is 0. The van der Waals surface area contributed by atoms with Crippen molar-refractivity contribution in [2.45, 2.75) is 35.8 Å². The number of aromatic nitrogens is 2. The van der Waals surface area contributed by atoms with Crippen molar-refractivity contribution >= 4 is 20.7 Å². The highest BCUT2D eigenvalue weighted by Crippen LogP contribution is 2.26.